The van der Waals surface area contributed by atoms with Gasteiger partial charge in [0.05, 0.1) is 18.9 Å². The fourth-order valence-electron chi connectivity index (χ4n) is 2.05. The number of para-hydroxylation sites is 1. The van der Waals surface area contributed by atoms with E-state index in [0.717, 1.165) is 17.0 Å². The molecule has 0 unspecified atom stereocenters. The van der Waals surface area contributed by atoms with Crippen LogP contribution in [0.5, 0.6) is 11.5 Å². The van der Waals surface area contributed by atoms with Crippen molar-refractivity contribution in [1.29, 1.82) is 0 Å². The number of rotatable bonds is 6. The van der Waals surface area contributed by atoms with Crippen LogP contribution in [0.4, 0.5) is 11.4 Å². The molecule has 112 valence electrons. The van der Waals surface area contributed by atoms with Gasteiger partial charge in [-0.15, -0.1) is 0 Å². The third kappa shape index (κ3) is 4.05. The van der Waals surface area contributed by atoms with E-state index in [1.807, 2.05) is 56.3 Å². The summed E-state index contributed by atoms with van der Waals surface area (Å²) < 4.78 is 11.0. The Morgan fingerprint density at radius 2 is 1.86 bits per heavy atom. The molecule has 3 N–H and O–H groups in total. The Morgan fingerprint density at radius 1 is 1.10 bits per heavy atom. The maximum Gasteiger partial charge on any atom is 0.144 e. The van der Waals surface area contributed by atoms with Crippen LogP contribution in [0.1, 0.15) is 19.4 Å². The smallest absolute Gasteiger partial charge is 0.144 e. The van der Waals surface area contributed by atoms with E-state index in [1.54, 1.807) is 7.11 Å². The molecule has 0 atom stereocenters. The first-order valence-corrected chi connectivity index (χ1v) is 7.02. The molecule has 0 fully saturated rings. The van der Waals surface area contributed by atoms with Crippen molar-refractivity contribution in [2.24, 2.45) is 0 Å². The molecule has 2 aromatic rings. The average molecular weight is 286 g/mol. The second kappa shape index (κ2) is 6.88. The summed E-state index contributed by atoms with van der Waals surface area (Å²) in [5.41, 5.74) is 8.63. The van der Waals surface area contributed by atoms with E-state index in [4.69, 9.17) is 15.2 Å². The molecule has 0 saturated heterocycles. The number of nitrogen functional groups attached to an aromatic ring is 1. The van der Waals surface area contributed by atoms with E-state index in [2.05, 4.69) is 5.32 Å². The van der Waals surface area contributed by atoms with E-state index in [-0.39, 0.29) is 6.10 Å². The number of methoxy groups -OCH3 is 1. The molecule has 0 aromatic heterocycles. The summed E-state index contributed by atoms with van der Waals surface area (Å²) in [6.45, 7) is 4.64. The Hall–Kier alpha value is -2.36. The lowest BCUT2D eigenvalue weighted by molar-refractivity contribution is 0.244. The zero-order valence-corrected chi connectivity index (χ0v) is 12.7. The van der Waals surface area contributed by atoms with E-state index in [1.165, 1.54) is 0 Å². The molecule has 0 aliphatic carbocycles. The number of benzene rings is 2. The summed E-state index contributed by atoms with van der Waals surface area (Å²) in [7, 11) is 1.68. The van der Waals surface area contributed by atoms with Gasteiger partial charge in [0.1, 0.15) is 11.5 Å². The van der Waals surface area contributed by atoms with Gasteiger partial charge < -0.3 is 20.5 Å². The standard InChI is InChI=1S/C17H22N2O2/c1-12(2)21-17-10-14(8-9-15(17)18)19-11-13-6-4-5-7-16(13)20-3/h4-10,12,19H,11,18H2,1-3H3. The summed E-state index contributed by atoms with van der Waals surface area (Å²) in [5.74, 6) is 1.58. The van der Waals surface area contributed by atoms with Crippen molar-refractivity contribution in [2.45, 2.75) is 26.5 Å². The Kier molecular flexibility index (Phi) is 4.93. The van der Waals surface area contributed by atoms with Crippen molar-refractivity contribution in [1.82, 2.24) is 0 Å². The van der Waals surface area contributed by atoms with Gasteiger partial charge in [0.25, 0.3) is 0 Å². The molecule has 0 aliphatic rings. The monoisotopic (exact) mass is 286 g/mol. The van der Waals surface area contributed by atoms with Gasteiger partial charge in [0, 0.05) is 23.9 Å². The van der Waals surface area contributed by atoms with Crippen molar-refractivity contribution in [3.63, 3.8) is 0 Å². The largest absolute Gasteiger partial charge is 0.496 e. The van der Waals surface area contributed by atoms with Crippen molar-refractivity contribution >= 4 is 11.4 Å². The molecule has 4 nitrogen and oxygen atoms in total. The van der Waals surface area contributed by atoms with Gasteiger partial charge in [-0.05, 0) is 32.0 Å². The van der Waals surface area contributed by atoms with Crippen LogP contribution in [-0.2, 0) is 6.54 Å². The van der Waals surface area contributed by atoms with Crippen LogP contribution in [0.25, 0.3) is 0 Å². The third-order valence-corrected chi connectivity index (χ3v) is 3.05. The van der Waals surface area contributed by atoms with Gasteiger partial charge in [0.2, 0.25) is 0 Å². The van der Waals surface area contributed by atoms with E-state index >= 15 is 0 Å². The van der Waals surface area contributed by atoms with Crippen LogP contribution in [0.2, 0.25) is 0 Å². The summed E-state index contributed by atoms with van der Waals surface area (Å²) >= 11 is 0. The van der Waals surface area contributed by atoms with Gasteiger partial charge in [-0.25, -0.2) is 0 Å². The molecule has 4 heteroatoms. The fraction of sp³-hybridized carbons (Fsp3) is 0.294. The summed E-state index contributed by atoms with van der Waals surface area (Å²) in [5, 5.41) is 3.36. The zero-order chi connectivity index (χ0) is 15.2. The van der Waals surface area contributed by atoms with Gasteiger partial charge in [-0.1, -0.05) is 18.2 Å². The molecule has 2 rings (SSSR count). The van der Waals surface area contributed by atoms with E-state index in [0.29, 0.717) is 18.0 Å². The number of ether oxygens (including phenoxy) is 2. The van der Waals surface area contributed by atoms with Gasteiger partial charge in [0.15, 0.2) is 0 Å². The van der Waals surface area contributed by atoms with E-state index < -0.39 is 0 Å². The zero-order valence-electron chi connectivity index (χ0n) is 12.7. The topological polar surface area (TPSA) is 56.5 Å². The number of nitrogens with one attached hydrogen (secondary N) is 1. The SMILES string of the molecule is COc1ccccc1CNc1ccc(N)c(OC(C)C)c1. The minimum atomic E-state index is 0.0942. The molecule has 0 spiro atoms. The first-order valence-electron chi connectivity index (χ1n) is 7.02. The second-order valence-corrected chi connectivity index (χ2v) is 5.08. The van der Waals surface area contributed by atoms with Gasteiger partial charge in [-0.3, -0.25) is 0 Å². The van der Waals surface area contributed by atoms with Crippen LogP contribution in [0.3, 0.4) is 0 Å². The molecular formula is C17H22N2O2. The lowest BCUT2D eigenvalue weighted by Crippen LogP contribution is -2.08. The van der Waals surface area contributed by atoms with Crippen LogP contribution in [-0.4, -0.2) is 13.2 Å². The fourth-order valence-corrected chi connectivity index (χ4v) is 2.05. The van der Waals surface area contributed by atoms with Crippen molar-refractivity contribution in [3.8, 4) is 11.5 Å². The highest BCUT2D eigenvalue weighted by Crippen LogP contribution is 2.27. The Balaban J connectivity index is 2.09. The minimum absolute atomic E-state index is 0.0942. The molecule has 0 saturated carbocycles. The molecule has 0 bridgehead atoms. The maximum absolute atomic E-state index is 5.92. The van der Waals surface area contributed by atoms with Crippen molar-refractivity contribution in [2.75, 3.05) is 18.2 Å². The summed E-state index contributed by atoms with van der Waals surface area (Å²) in [4.78, 5) is 0. The number of hydrogen-bond acceptors (Lipinski definition) is 4. The number of nitrogens with two attached hydrogens (primary N) is 1. The predicted molar refractivity (Wildman–Crippen MR) is 86.9 cm³/mol. The Labute approximate surface area is 125 Å². The molecule has 0 heterocycles. The molecule has 0 amide bonds. The Morgan fingerprint density at radius 3 is 2.57 bits per heavy atom. The first-order chi connectivity index (χ1) is 10.1. The molecule has 0 aliphatic heterocycles. The molecular weight excluding hydrogens is 264 g/mol. The predicted octanol–water partition coefficient (Wildman–Crippen LogP) is 3.68. The first kappa shape index (κ1) is 15.0. The lowest BCUT2D eigenvalue weighted by atomic mass is 10.2. The summed E-state index contributed by atoms with van der Waals surface area (Å²) in [6.07, 6.45) is 0.0942. The Bertz CT molecular complexity index is 597. The van der Waals surface area contributed by atoms with Crippen LogP contribution in [0, 0.1) is 0 Å². The molecule has 21 heavy (non-hydrogen) atoms. The second-order valence-electron chi connectivity index (χ2n) is 5.08. The lowest BCUT2D eigenvalue weighted by Gasteiger charge is -2.15. The minimum Gasteiger partial charge on any atom is -0.496 e. The van der Waals surface area contributed by atoms with Gasteiger partial charge in [-0.2, -0.15) is 0 Å². The molecule has 2 aromatic carbocycles. The third-order valence-electron chi connectivity index (χ3n) is 3.05. The van der Waals surface area contributed by atoms with Crippen LogP contribution in [0.15, 0.2) is 42.5 Å². The van der Waals surface area contributed by atoms with Gasteiger partial charge >= 0.3 is 0 Å². The van der Waals surface area contributed by atoms with Crippen LogP contribution < -0.4 is 20.5 Å². The van der Waals surface area contributed by atoms with Crippen molar-refractivity contribution in [3.05, 3.63) is 48.0 Å². The highest BCUT2D eigenvalue weighted by molar-refractivity contribution is 5.61. The summed E-state index contributed by atoms with van der Waals surface area (Å²) in [6, 6.07) is 13.7. The highest BCUT2D eigenvalue weighted by atomic mass is 16.5. The number of anilines is 2. The molecule has 0 radical (unpaired) electrons. The normalized spacial score (nSPS) is 10.5. The highest BCUT2D eigenvalue weighted by Gasteiger charge is 2.06. The van der Waals surface area contributed by atoms with E-state index in [9.17, 15) is 0 Å². The van der Waals surface area contributed by atoms with Crippen LogP contribution >= 0.6 is 0 Å². The average Bonchev–Trinajstić information content (AvgIpc) is 2.48. The number of hydrogen-bond donors (Lipinski definition) is 2. The van der Waals surface area contributed by atoms with Crippen molar-refractivity contribution < 1.29 is 9.47 Å². The quantitative estimate of drug-likeness (QED) is 0.795. The maximum atomic E-state index is 5.92.